The zero-order valence-electron chi connectivity index (χ0n) is 18.7. The molecular formula is C29H32O3. The number of hydrogen-bond acceptors (Lipinski definition) is 3. The Morgan fingerprint density at radius 3 is 2.09 bits per heavy atom. The zero-order chi connectivity index (χ0) is 22.0. The third kappa shape index (κ3) is 6.46. The van der Waals surface area contributed by atoms with Gasteiger partial charge in [-0.3, -0.25) is 0 Å². The molecule has 166 valence electrons. The molecule has 0 atom stereocenters. The summed E-state index contributed by atoms with van der Waals surface area (Å²) in [5.41, 5.74) is 3.75. The lowest BCUT2D eigenvalue weighted by molar-refractivity contribution is 0.0467. The fraction of sp³-hybridized carbons (Fsp3) is 0.345. The molecule has 0 saturated heterocycles. The maximum atomic E-state index is 12.9. The number of hydrogen-bond donors (Lipinski definition) is 0. The molecule has 0 amide bonds. The molecule has 0 aliphatic heterocycles. The Balaban J connectivity index is 1.45. The van der Waals surface area contributed by atoms with Crippen LogP contribution in [0.25, 0.3) is 0 Å². The van der Waals surface area contributed by atoms with Crippen molar-refractivity contribution < 1.29 is 14.3 Å². The largest absolute Gasteiger partial charge is 0.488 e. The Morgan fingerprint density at radius 1 is 0.750 bits per heavy atom. The summed E-state index contributed by atoms with van der Waals surface area (Å²) in [4.78, 5) is 12.9. The molecular weight excluding hydrogens is 396 g/mol. The van der Waals surface area contributed by atoms with Crippen LogP contribution in [0.1, 0.15) is 65.6 Å². The highest BCUT2D eigenvalue weighted by Crippen LogP contribution is 2.29. The molecule has 0 heterocycles. The Bertz CT molecular complexity index is 976. The van der Waals surface area contributed by atoms with Crippen molar-refractivity contribution in [3.63, 3.8) is 0 Å². The van der Waals surface area contributed by atoms with Crippen molar-refractivity contribution in [2.75, 3.05) is 0 Å². The summed E-state index contributed by atoms with van der Waals surface area (Å²) in [5.74, 6) is 1.08. The predicted octanol–water partition coefficient (Wildman–Crippen LogP) is 7.14. The van der Waals surface area contributed by atoms with E-state index in [1.54, 1.807) is 0 Å². The van der Waals surface area contributed by atoms with Gasteiger partial charge in [0.2, 0.25) is 0 Å². The van der Waals surface area contributed by atoms with Crippen LogP contribution in [0.2, 0.25) is 0 Å². The summed E-state index contributed by atoms with van der Waals surface area (Å²) in [6, 6.07) is 25.7. The fourth-order valence-electron chi connectivity index (χ4n) is 4.39. The van der Waals surface area contributed by atoms with Crippen LogP contribution in [0, 0.1) is 5.92 Å². The molecule has 4 rings (SSSR count). The summed E-state index contributed by atoms with van der Waals surface area (Å²) < 4.78 is 11.7. The minimum Gasteiger partial charge on any atom is -0.488 e. The lowest BCUT2D eigenvalue weighted by atomic mass is 9.85. The first-order valence-corrected chi connectivity index (χ1v) is 11.8. The first-order chi connectivity index (χ1) is 15.8. The van der Waals surface area contributed by atoms with Gasteiger partial charge in [0.25, 0.3) is 0 Å². The number of ether oxygens (including phenoxy) is 2. The molecule has 1 aliphatic carbocycles. The summed E-state index contributed by atoms with van der Waals surface area (Å²) in [5, 5.41) is 0. The van der Waals surface area contributed by atoms with Crippen LogP contribution >= 0.6 is 0 Å². The Morgan fingerprint density at radius 2 is 1.41 bits per heavy atom. The summed E-state index contributed by atoms with van der Waals surface area (Å²) >= 11 is 0. The molecule has 3 nitrogen and oxygen atoms in total. The lowest BCUT2D eigenvalue weighted by Gasteiger charge is -2.21. The van der Waals surface area contributed by atoms with Crippen molar-refractivity contribution in [2.24, 2.45) is 5.92 Å². The van der Waals surface area contributed by atoms with Crippen LogP contribution < -0.4 is 4.74 Å². The second kappa shape index (κ2) is 11.5. The maximum absolute atomic E-state index is 12.9. The third-order valence-corrected chi connectivity index (χ3v) is 6.28. The van der Waals surface area contributed by atoms with E-state index in [2.05, 4.69) is 6.07 Å². The van der Waals surface area contributed by atoms with Crippen molar-refractivity contribution in [3.05, 3.63) is 101 Å². The number of rotatable bonds is 9. The number of carbonyl (C=O) groups is 1. The lowest BCUT2D eigenvalue weighted by Crippen LogP contribution is -2.10. The second-order valence-corrected chi connectivity index (χ2v) is 8.71. The molecule has 0 radical (unpaired) electrons. The monoisotopic (exact) mass is 428 g/mol. The smallest absolute Gasteiger partial charge is 0.342 e. The van der Waals surface area contributed by atoms with E-state index in [4.69, 9.17) is 9.47 Å². The predicted molar refractivity (Wildman–Crippen MR) is 128 cm³/mol. The van der Waals surface area contributed by atoms with Gasteiger partial charge in [-0.2, -0.15) is 0 Å². The van der Waals surface area contributed by atoms with Gasteiger partial charge in [-0.25, -0.2) is 4.79 Å². The van der Waals surface area contributed by atoms with Crippen LogP contribution in [0.3, 0.4) is 0 Å². The van der Waals surface area contributed by atoms with Gasteiger partial charge in [0.15, 0.2) is 0 Å². The molecule has 1 fully saturated rings. The fourth-order valence-corrected chi connectivity index (χ4v) is 4.39. The highest BCUT2D eigenvalue weighted by atomic mass is 16.5. The van der Waals surface area contributed by atoms with Crippen molar-refractivity contribution in [1.82, 2.24) is 0 Å². The minimum atomic E-state index is -0.351. The first-order valence-electron chi connectivity index (χ1n) is 11.8. The average molecular weight is 429 g/mol. The molecule has 0 N–H and O–H groups in total. The minimum absolute atomic E-state index is 0.251. The SMILES string of the molecule is O=C(OCc1ccccc1)c1ccc(CCC2CCCCC2)cc1OCc1ccccc1. The quantitative estimate of drug-likeness (QED) is 0.340. The van der Waals surface area contributed by atoms with Gasteiger partial charge in [0.05, 0.1) is 0 Å². The van der Waals surface area contributed by atoms with Gasteiger partial charge >= 0.3 is 5.97 Å². The number of carbonyl (C=O) groups excluding carboxylic acids is 1. The van der Waals surface area contributed by atoms with E-state index in [0.717, 1.165) is 23.5 Å². The van der Waals surface area contributed by atoms with Crippen molar-refractivity contribution in [1.29, 1.82) is 0 Å². The van der Waals surface area contributed by atoms with E-state index in [-0.39, 0.29) is 12.6 Å². The van der Waals surface area contributed by atoms with Crippen LogP contribution in [0.4, 0.5) is 0 Å². The van der Waals surface area contributed by atoms with Crippen LogP contribution in [0.15, 0.2) is 78.9 Å². The van der Waals surface area contributed by atoms with Gasteiger partial charge in [0, 0.05) is 0 Å². The van der Waals surface area contributed by atoms with E-state index >= 15 is 0 Å². The van der Waals surface area contributed by atoms with E-state index in [1.165, 1.54) is 44.1 Å². The standard InChI is InChI=1S/C29H32O3/c30-29(32-22-26-14-8-3-9-15-26)27-19-18-24(17-16-23-10-4-1-5-11-23)20-28(27)31-21-25-12-6-2-7-13-25/h2-3,6-9,12-15,18-20,23H,1,4-5,10-11,16-17,21-22H2. The number of benzene rings is 3. The highest BCUT2D eigenvalue weighted by Gasteiger charge is 2.17. The first kappa shape index (κ1) is 22.1. The van der Waals surface area contributed by atoms with Gasteiger partial charge in [-0.1, -0.05) is 98.8 Å². The number of esters is 1. The molecule has 0 unspecified atom stereocenters. The summed E-state index contributed by atoms with van der Waals surface area (Å²) in [6.07, 6.45) is 9.03. The normalized spacial score (nSPS) is 14.1. The van der Waals surface area contributed by atoms with Crippen molar-refractivity contribution in [3.8, 4) is 5.75 Å². The van der Waals surface area contributed by atoms with Crippen LogP contribution in [-0.2, 0) is 24.4 Å². The Hall–Kier alpha value is -3.07. The van der Waals surface area contributed by atoms with E-state index in [1.807, 2.05) is 72.8 Å². The van der Waals surface area contributed by atoms with Gasteiger partial charge in [-0.05, 0) is 47.6 Å². The molecule has 0 bridgehead atoms. The molecule has 1 aliphatic rings. The average Bonchev–Trinajstić information content (AvgIpc) is 2.86. The maximum Gasteiger partial charge on any atom is 0.342 e. The third-order valence-electron chi connectivity index (χ3n) is 6.28. The molecule has 3 heteroatoms. The van der Waals surface area contributed by atoms with Crippen LogP contribution in [-0.4, -0.2) is 5.97 Å². The summed E-state index contributed by atoms with van der Waals surface area (Å²) in [7, 11) is 0. The number of aryl methyl sites for hydroxylation is 1. The van der Waals surface area contributed by atoms with Gasteiger partial charge < -0.3 is 9.47 Å². The van der Waals surface area contributed by atoms with Crippen LogP contribution in [0.5, 0.6) is 5.75 Å². The molecule has 0 spiro atoms. The Labute approximate surface area is 191 Å². The second-order valence-electron chi connectivity index (χ2n) is 8.71. The molecule has 3 aromatic carbocycles. The molecule has 3 aromatic rings. The van der Waals surface area contributed by atoms with Crippen molar-refractivity contribution >= 4 is 5.97 Å². The molecule has 32 heavy (non-hydrogen) atoms. The van der Waals surface area contributed by atoms with Gasteiger partial charge in [0.1, 0.15) is 24.5 Å². The molecule has 1 saturated carbocycles. The highest BCUT2D eigenvalue weighted by molar-refractivity contribution is 5.92. The Kier molecular flexibility index (Phi) is 7.97. The van der Waals surface area contributed by atoms with E-state index in [0.29, 0.717) is 17.9 Å². The van der Waals surface area contributed by atoms with Crippen molar-refractivity contribution in [2.45, 2.75) is 58.2 Å². The van der Waals surface area contributed by atoms with E-state index in [9.17, 15) is 4.79 Å². The summed E-state index contributed by atoms with van der Waals surface area (Å²) in [6.45, 7) is 0.674. The van der Waals surface area contributed by atoms with E-state index < -0.39 is 0 Å². The van der Waals surface area contributed by atoms with Gasteiger partial charge in [-0.15, -0.1) is 0 Å². The zero-order valence-corrected chi connectivity index (χ0v) is 18.7. The topological polar surface area (TPSA) is 35.5 Å². The molecule has 0 aromatic heterocycles.